The van der Waals surface area contributed by atoms with Crippen LogP contribution in [-0.4, -0.2) is 38.1 Å². The van der Waals surface area contributed by atoms with E-state index in [0.29, 0.717) is 11.4 Å². The maximum atomic E-state index is 13.3. The Bertz CT molecular complexity index is 824. The number of para-hydroxylation sites is 2. The number of amides is 2. The average Bonchev–Trinajstić information content (AvgIpc) is 2.59. The molecule has 6 nitrogen and oxygen atoms in total. The Hall–Kier alpha value is -3.16. The fraction of sp³-hybridized carbons (Fsp3) is 0.222. The van der Waals surface area contributed by atoms with Crippen molar-refractivity contribution >= 4 is 23.2 Å². The van der Waals surface area contributed by atoms with Gasteiger partial charge in [0.2, 0.25) is 5.91 Å². The normalized spacial score (nSPS) is 15.7. The van der Waals surface area contributed by atoms with Crippen LogP contribution in [0.15, 0.2) is 42.5 Å². The van der Waals surface area contributed by atoms with Gasteiger partial charge in [-0.25, -0.2) is 8.78 Å². The Morgan fingerprint density at radius 3 is 2.58 bits per heavy atom. The van der Waals surface area contributed by atoms with E-state index in [9.17, 15) is 18.4 Å². The highest BCUT2D eigenvalue weighted by molar-refractivity contribution is 5.95. The fourth-order valence-electron chi connectivity index (χ4n) is 2.75. The summed E-state index contributed by atoms with van der Waals surface area (Å²) in [4.78, 5) is 25.9. The molecular formula is C18H17F2N3O3. The van der Waals surface area contributed by atoms with Crippen LogP contribution in [0.3, 0.4) is 0 Å². The molecule has 0 fully saturated rings. The SMILES string of the molecule is CNC(=O)[C@@H]1CN(CC(=O)Nc2cc(F)cc(F)c2)c2ccccc2O1. The number of likely N-dealkylation sites (N-methyl/N-ethyl adjacent to an activating group) is 1. The molecule has 26 heavy (non-hydrogen) atoms. The second-order valence-electron chi connectivity index (χ2n) is 5.78. The number of carbonyl (C=O) groups is 2. The van der Waals surface area contributed by atoms with E-state index in [1.807, 2.05) is 0 Å². The lowest BCUT2D eigenvalue weighted by atomic mass is 10.1. The maximum Gasteiger partial charge on any atom is 0.262 e. The van der Waals surface area contributed by atoms with E-state index in [4.69, 9.17) is 4.74 Å². The van der Waals surface area contributed by atoms with E-state index >= 15 is 0 Å². The molecule has 3 rings (SSSR count). The van der Waals surface area contributed by atoms with Crippen LogP contribution in [0.4, 0.5) is 20.2 Å². The van der Waals surface area contributed by atoms with E-state index in [-0.39, 0.29) is 24.7 Å². The Morgan fingerprint density at radius 1 is 1.19 bits per heavy atom. The summed E-state index contributed by atoms with van der Waals surface area (Å²) in [7, 11) is 1.50. The summed E-state index contributed by atoms with van der Waals surface area (Å²) in [5.74, 6) is -1.86. The Balaban J connectivity index is 1.76. The average molecular weight is 361 g/mol. The number of anilines is 2. The third-order valence-corrected chi connectivity index (χ3v) is 3.88. The van der Waals surface area contributed by atoms with E-state index in [2.05, 4.69) is 10.6 Å². The first-order valence-electron chi connectivity index (χ1n) is 7.94. The molecule has 0 aromatic heterocycles. The molecule has 2 N–H and O–H groups in total. The molecule has 0 unspecified atom stereocenters. The summed E-state index contributed by atoms with van der Waals surface area (Å²) in [5.41, 5.74) is 0.685. The number of benzene rings is 2. The van der Waals surface area contributed by atoms with Gasteiger partial charge in [0.05, 0.1) is 18.8 Å². The minimum Gasteiger partial charge on any atom is -0.477 e. The van der Waals surface area contributed by atoms with Crippen molar-refractivity contribution in [3.63, 3.8) is 0 Å². The molecule has 136 valence electrons. The summed E-state index contributed by atoms with van der Waals surface area (Å²) in [6.07, 6.45) is -0.769. The van der Waals surface area contributed by atoms with Gasteiger partial charge in [0, 0.05) is 18.8 Å². The van der Waals surface area contributed by atoms with E-state index < -0.39 is 23.6 Å². The number of hydrogen-bond acceptors (Lipinski definition) is 4. The predicted molar refractivity (Wildman–Crippen MR) is 92.1 cm³/mol. The van der Waals surface area contributed by atoms with Crippen molar-refractivity contribution in [2.24, 2.45) is 0 Å². The smallest absolute Gasteiger partial charge is 0.262 e. The lowest BCUT2D eigenvalue weighted by Gasteiger charge is -2.34. The number of nitrogens with one attached hydrogen (secondary N) is 2. The third kappa shape index (κ3) is 3.90. The van der Waals surface area contributed by atoms with Gasteiger partial charge in [-0.15, -0.1) is 0 Å². The second-order valence-corrected chi connectivity index (χ2v) is 5.78. The van der Waals surface area contributed by atoms with Crippen molar-refractivity contribution < 1.29 is 23.1 Å². The van der Waals surface area contributed by atoms with E-state index in [1.54, 1.807) is 29.2 Å². The largest absolute Gasteiger partial charge is 0.477 e. The van der Waals surface area contributed by atoms with Gasteiger partial charge in [0.1, 0.15) is 17.4 Å². The second kappa shape index (κ2) is 7.38. The highest BCUT2D eigenvalue weighted by Gasteiger charge is 2.31. The molecule has 0 bridgehead atoms. The van der Waals surface area contributed by atoms with Gasteiger partial charge in [-0.1, -0.05) is 12.1 Å². The summed E-state index contributed by atoms with van der Waals surface area (Å²) in [6.45, 7) is 0.0631. The lowest BCUT2D eigenvalue weighted by Crippen LogP contribution is -2.50. The zero-order valence-corrected chi connectivity index (χ0v) is 14.0. The Kier molecular flexibility index (Phi) is 5.01. The van der Waals surface area contributed by atoms with Crippen molar-refractivity contribution in [1.82, 2.24) is 5.32 Å². The van der Waals surface area contributed by atoms with Gasteiger partial charge in [-0.2, -0.15) is 0 Å². The van der Waals surface area contributed by atoms with Crippen LogP contribution in [0.1, 0.15) is 0 Å². The molecule has 1 atom stereocenters. The molecule has 0 saturated carbocycles. The molecule has 1 aliphatic rings. The van der Waals surface area contributed by atoms with Crippen LogP contribution < -0.4 is 20.3 Å². The number of hydrogen-bond donors (Lipinski definition) is 2. The van der Waals surface area contributed by atoms with E-state index in [0.717, 1.165) is 18.2 Å². The monoisotopic (exact) mass is 361 g/mol. The molecule has 8 heteroatoms. The third-order valence-electron chi connectivity index (χ3n) is 3.88. The number of nitrogens with zero attached hydrogens (tertiary/aromatic N) is 1. The fourth-order valence-corrected chi connectivity index (χ4v) is 2.75. The van der Waals surface area contributed by atoms with Crippen molar-refractivity contribution in [3.8, 4) is 5.75 Å². The minimum atomic E-state index is -0.781. The summed E-state index contributed by atoms with van der Waals surface area (Å²) in [6, 6.07) is 9.81. The molecule has 0 spiro atoms. The molecule has 2 aromatic carbocycles. The molecule has 1 heterocycles. The standard InChI is InChI=1S/C18H17F2N3O3/c1-21-18(25)16-9-23(14-4-2-3-5-15(14)26-16)10-17(24)22-13-7-11(19)6-12(20)8-13/h2-8,16H,9-10H2,1H3,(H,21,25)(H,22,24)/t16-/m0/s1. The zero-order valence-electron chi connectivity index (χ0n) is 14.0. The van der Waals surface area contributed by atoms with Crippen LogP contribution in [-0.2, 0) is 9.59 Å². The van der Waals surface area contributed by atoms with Crippen molar-refractivity contribution in [1.29, 1.82) is 0 Å². The summed E-state index contributed by atoms with van der Waals surface area (Å²) in [5, 5.41) is 4.97. The molecule has 0 radical (unpaired) electrons. The van der Waals surface area contributed by atoms with Gasteiger partial charge < -0.3 is 20.3 Å². The molecule has 0 aliphatic carbocycles. The van der Waals surface area contributed by atoms with Gasteiger partial charge in [0.25, 0.3) is 5.91 Å². The van der Waals surface area contributed by atoms with Crippen molar-refractivity contribution in [3.05, 3.63) is 54.1 Å². The summed E-state index contributed by atoms with van der Waals surface area (Å²) < 4.78 is 32.2. The van der Waals surface area contributed by atoms with Crippen LogP contribution in [0.2, 0.25) is 0 Å². The number of rotatable bonds is 4. The number of carbonyl (C=O) groups excluding carboxylic acids is 2. The number of ether oxygens (including phenoxy) is 1. The molecule has 0 saturated heterocycles. The topological polar surface area (TPSA) is 70.7 Å². The first-order valence-corrected chi connectivity index (χ1v) is 7.94. The highest BCUT2D eigenvalue weighted by atomic mass is 19.1. The molecule has 2 amide bonds. The first-order chi connectivity index (χ1) is 12.5. The number of fused-ring (bicyclic) bond motifs is 1. The molecule has 1 aliphatic heterocycles. The quantitative estimate of drug-likeness (QED) is 0.873. The highest BCUT2D eigenvalue weighted by Crippen LogP contribution is 2.33. The van der Waals surface area contributed by atoms with Crippen LogP contribution in [0, 0.1) is 11.6 Å². The molecular weight excluding hydrogens is 344 g/mol. The Morgan fingerprint density at radius 2 is 1.88 bits per heavy atom. The predicted octanol–water partition coefficient (Wildman–Crippen LogP) is 1.92. The number of halogens is 2. The lowest BCUT2D eigenvalue weighted by molar-refractivity contribution is -0.127. The molecule has 2 aromatic rings. The van der Waals surface area contributed by atoms with Gasteiger partial charge in [-0.05, 0) is 24.3 Å². The van der Waals surface area contributed by atoms with Crippen LogP contribution in [0.25, 0.3) is 0 Å². The van der Waals surface area contributed by atoms with Gasteiger partial charge in [-0.3, -0.25) is 9.59 Å². The summed E-state index contributed by atoms with van der Waals surface area (Å²) >= 11 is 0. The minimum absolute atomic E-state index is 0.0249. The van der Waals surface area contributed by atoms with Crippen LogP contribution in [0.5, 0.6) is 5.75 Å². The van der Waals surface area contributed by atoms with Gasteiger partial charge in [0.15, 0.2) is 6.10 Å². The Labute approximate surface area is 148 Å². The first kappa shape index (κ1) is 17.7. The zero-order chi connectivity index (χ0) is 18.7. The van der Waals surface area contributed by atoms with E-state index in [1.165, 1.54) is 7.05 Å². The maximum absolute atomic E-state index is 13.3. The van der Waals surface area contributed by atoms with Crippen molar-refractivity contribution in [2.45, 2.75) is 6.10 Å². The van der Waals surface area contributed by atoms with Crippen molar-refractivity contribution in [2.75, 3.05) is 30.4 Å². The van der Waals surface area contributed by atoms with Crippen LogP contribution >= 0.6 is 0 Å². The van der Waals surface area contributed by atoms with Gasteiger partial charge >= 0.3 is 0 Å².